The Balaban J connectivity index is 1.47. The van der Waals surface area contributed by atoms with Gasteiger partial charge in [0.25, 0.3) is 5.91 Å². The topological polar surface area (TPSA) is 163 Å². The average Bonchev–Trinajstić information content (AvgIpc) is 3.62. The van der Waals surface area contributed by atoms with Crippen LogP contribution in [0.5, 0.6) is 0 Å². The van der Waals surface area contributed by atoms with E-state index in [1.165, 1.54) is 18.6 Å². The third kappa shape index (κ3) is 4.81. The van der Waals surface area contributed by atoms with Gasteiger partial charge in [0, 0.05) is 42.7 Å². The van der Waals surface area contributed by atoms with Gasteiger partial charge in [0.15, 0.2) is 0 Å². The lowest BCUT2D eigenvalue weighted by Gasteiger charge is -2.21. The highest BCUT2D eigenvalue weighted by Crippen LogP contribution is 2.32. The minimum Gasteiger partial charge on any atom is -0.391 e. The van der Waals surface area contributed by atoms with Crippen LogP contribution in [0.15, 0.2) is 43.2 Å². The van der Waals surface area contributed by atoms with E-state index in [4.69, 9.17) is 11.0 Å². The monoisotopic (exact) mass is 500 g/mol. The summed E-state index contributed by atoms with van der Waals surface area (Å²) >= 11 is 0. The van der Waals surface area contributed by atoms with Crippen molar-refractivity contribution in [2.24, 2.45) is 11.7 Å². The minimum absolute atomic E-state index is 0.000635. The van der Waals surface area contributed by atoms with E-state index >= 15 is 0 Å². The van der Waals surface area contributed by atoms with Crippen LogP contribution >= 0.6 is 0 Å². The van der Waals surface area contributed by atoms with Crippen LogP contribution in [0.25, 0.3) is 16.6 Å². The molecule has 190 valence electrons. The van der Waals surface area contributed by atoms with Gasteiger partial charge in [-0.05, 0) is 25.3 Å². The summed E-state index contributed by atoms with van der Waals surface area (Å²) in [6.45, 7) is 5.59. The molecule has 1 saturated heterocycles. The van der Waals surface area contributed by atoms with Gasteiger partial charge in [-0.1, -0.05) is 6.92 Å². The summed E-state index contributed by atoms with van der Waals surface area (Å²) in [6, 6.07) is 3.99. The number of aliphatic hydroxyl groups is 1. The summed E-state index contributed by atoms with van der Waals surface area (Å²) in [4.78, 5) is 23.1. The number of hydrogen-bond donors (Lipinski definition) is 3. The van der Waals surface area contributed by atoms with Gasteiger partial charge in [-0.15, -0.1) is 0 Å². The number of fused-ring (bicyclic) bond motifs is 1. The highest BCUT2D eigenvalue weighted by molar-refractivity contribution is 6.02. The summed E-state index contributed by atoms with van der Waals surface area (Å²) in [5.41, 5.74) is 9.55. The molecule has 4 aromatic rings. The summed E-state index contributed by atoms with van der Waals surface area (Å²) < 4.78 is 3.40. The molecule has 1 aliphatic heterocycles. The average molecular weight is 501 g/mol. The number of amides is 1. The number of anilines is 2. The van der Waals surface area contributed by atoms with E-state index < -0.39 is 12.0 Å². The van der Waals surface area contributed by atoms with Crippen molar-refractivity contribution in [3.63, 3.8) is 0 Å². The van der Waals surface area contributed by atoms with Crippen molar-refractivity contribution < 1.29 is 9.90 Å². The third-order valence-electron chi connectivity index (χ3n) is 6.67. The fraction of sp³-hybridized carbons (Fsp3) is 0.360. The SMILES string of the molecule is CC[C@@H]1CN(c2ncc(C#N)cn2)C[C@H]1Nc1c(C(N)=O)cnn2cc(-c3cnn(C[C@@H](C)O)c3)cc12. The standard InChI is InChI=1S/C25H28N10O2/c1-3-17-11-33(25-28-6-16(5-26)7-29-25)14-21(17)32-23-20(24(27)37)9-31-35-13-18(4-22(23)35)19-8-30-34(12-19)10-15(2)36/h4,6-9,12-13,15,17,21,32,36H,3,10-11,14H2,1-2H3,(H2,27,37)/t15-,17-,21-/m1/s1. The number of nitrogens with zero attached hydrogens (tertiary/aromatic N) is 8. The van der Waals surface area contributed by atoms with Crippen molar-refractivity contribution in [1.29, 1.82) is 5.26 Å². The van der Waals surface area contributed by atoms with Gasteiger partial charge in [-0.25, -0.2) is 14.5 Å². The van der Waals surface area contributed by atoms with Gasteiger partial charge >= 0.3 is 0 Å². The third-order valence-corrected chi connectivity index (χ3v) is 6.67. The maximum absolute atomic E-state index is 12.4. The molecule has 3 atom stereocenters. The van der Waals surface area contributed by atoms with Crippen LogP contribution in [0.2, 0.25) is 0 Å². The number of nitrogens with one attached hydrogen (secondary N) is 1. The zero-order chi connectivity index (χ0) is 26.1. The quantitative estimate of drug-likeness (QED) is 0.326. The van der Waals surface area contributed by atoms with E-state index in [0.29, 0.717) is 35.9 Å². The first kappa shape index (κ1) is 24.2. The van der Waals surface area contributed by atoms with Crippen LogP contribution in [-0.4, -0.2) is 65.6 Å². The number of primary amides is 1. The molecule has 37 heavy (non-hydrogen) atoms. The summed E-state index contributed by atoms with van der Waals surface area (Å²) in [6.07, 6.45) is 10.4. The lowest BCUT2D eigenvalue weighted by Crippen LogP contribution is -2.31. The molecule has 0 bridgehead atoms. The number of aliphatic hydroxyl groups excluding tert-OH is 1. The molecule has 5 rings (SSSR count). The zero-order valence-electron chi connectivity index (χ0n) is 20.6. The molecule has 1 aliphatic rings. The number of carbonyl (C=O) groups is 1. The number of nitriles is 1. The van der Waals surface area contributed by atoms with Crippen molar-refractivity contribution in [3.8, 4) is 17.2 Å². The lowest BCUT2D eigenvalue weighted by molar-refractivity contribution is 0.100. The van der Waals surface area contributed by atoms with Gasteiger partial charge in [-0.2, -0.15) is 15.5 Å². The maximum Gasteiger partial charge on any atom is 0.252 e. The summed E-state index contributed by atoms with van der Waals surface area (Å²) in [7, 11) is 0. The van der Waals surface area contributed by atoms with Gasteiger partial charge in [0.2, 0.25) is 5.95 Å². The predicted octanol–water partition coefficient (Wildman–Crippen LogP) is 1.67. The molecule has 1 fully saturated rings. The Kier molecular flexibility index (Phi) is 6.45. The number of nitrogens with two attached hydrogens (primary N) is 1. The molecule has 12 nitrogen and oxygen atoms in total. The van der Waals surface area contributed by atoms with E-state index in [1.54, 1.807) is 22.3 Å². The lowest BCUT2D eigenvalue weighted by atomic mass is 10.00. The molecular weight excluding hydrogens is 472 g/mol. The van der Waals surface area contributed by atoms with Crippen molar-refractivity contribution in [1.82, 2.24) is 29.4 Å². The fourth-order valence-electron chi connectivity index (χ4n) is 4.78. The number of hydrogen-bond acceptors (Lipinski definition) is 9. The highest BCUT2D eigenvalue weighted by Gasteiger charge is 2.34. The molecular formula is C25H28N10O2. The molecule has 0 radical (unpaired) electrons. The van der Waals surface area contributed by atoms with Crippen molar-refractivity contribution >= 4 is 23.1 Å². The Hall–Kier alpha value is -4.50. The largest absolute Gasteiger partial charge is 0.391 e. The molecule has 12 heteroatoms. The molecule has 4 N–H and O–H groups in total. The second kappa shape index (κ2) is 9.87. The maximum atomic E-state index is 12.4. The van der Waals surface area contributed by atoms with E-state index in [0.717, 1.165) is 29.6 Å². The zero-order valence-corrected chi connectivity index (χ0v) is 20.6. The molecule has 0 aliphatic carbocycles. The van der Waals surface area contributed by atoms with Crippen LogP contribution in [0.3, 0.4) is 0 Å². The van der Waals surface area contributed by atoms with E-state index in [2.05, 4.69) is 37.3 Å². The van der Waals surface area contributed by atoms with E-state index in [-0.39, 0.29) is 12.0 Å². The molecule has 0 saturated carbocycles. The van der Waals surface area contributed by atoms with Crippen LogP contribution in [0, 0.1) is 17.2 Å². The normalized spacial score (nSPS) is 18.2. The number of carbonyl (C=O) groups excluding carboxylic acids is 1. The minimum atomic E-state index is -0.566. The molecule has 4 aromatic heterocycles. The number of aromatic nitrogens is 6. The van der Waals surface area contributed by atoms with Crippen LogP contribution in [0.4, 0.5) is 11.6 Å². The molecule has 5 heterocycles. The predicted molar refractivity (Wildman–Crippen MR) is 137 cm³/mol. The van der Waals surface area contributed by atoms with Crippen LogP contribution in [-0.2, 0) is 6.54 Å². The van der Waals surface area contributed by atoms with Crippen molar-refractivity contribution in [2.45, 2.75) is 39.0 Å². The molecule has 1 amide bonds. The van der Waals surface area contributed by atoms with Gasteiger partial charge in [0.05, 0.1) is 59.8 Å². The van der Waals surface area contributed by atoms with Gasteiger partial charge < -0.3 is 21.1 Å². The Morgan fingerprint density at radius 2 is 2.00 bits per heavy atom. The van der Waals surface area contributed by atoms with E-state index in [1.807, 2.05) is 24.5 Å². The van der Waals surface area contributed by atoms with E-state index in [9.17, 15) is 9.90 Å². The number of rotatable bonds is 8. The molecule has 0 spiro atoms. The first-order valence-electron chi connectivity index (χ1n) is 12.1. The van der Waals surface area contributed by atoms with Crippen molar-refractivity contribution in [2.75, 3.05) is 23.3 Å². The Morgan fingerprint density at radius 3 is 2.68 bits per heavy atom. The fourth-order valence-corrected chi connectivity index (χ4v) is 4.78. The summed E-state index contributed by atoms with van der Waals surface area (Å²) in [5.74, 6) is 0.264. The molecule has 0 aromatic carbocycles. The first-order valence-corrected chi connectivity index (χ1v) is 12.1. The van der Waals surface area contributed by atoms with Gasteiger partial charge in [-0.3, -0.25) is 9.48 Å². The van der Waals surface area contributed by atoms with Crippen LogP contribution < -0.4 is 16.0 Å². The first-order chi connectivity index (χ1) is 17.9. The van der Waals surface area contributed by atoms with Crippen LogP contribution in [0.1, 0.15) is 36.2 Å². The highest BCUT2D eigenvalue weighted by atomic mass is 16.3. The second-order valence-corrected chi connectivity index (χ2v) is 9.36. The molecule has 0 unspecified atom stereocenters. The second-order valence-electron chi connectivity index (χ2n) is 9.36. The Labute approximate surface area is 213 Å². The Morgan fingerprint density at radius 1 is 1.22 bits per heavy atom. The summed E-state index contributed by atoms with van der Waals surface area (Å²) in [5, 5.41) is 31.0. The Bertz CT molecular complexity index is 1470. The van der Waals surface area contributed by atoms with Crippen molar-refractivity contribution in [3.05, 3.63) is 54.4 Å². The van der Waals surface area contributed by atoms with Gasteiger partial charge in [0.1, 0.15) is 6.07 Å². The smallest absolute Gasteiger partial charge is 0.252 e.